The molecule has 1 atom stereocenters. The molecule has 0 spiro atoms. The third-order valence-electron chi connectivity index (χ3n) is 5.53. The van der Waals surface area contributed by atoms with Gasteiger partial charge in [-0.25, -0.2) is 4.39 Å². The maximum Gasteiger partial charge on any atom is 0.233 e. The molecule has 0 radical (unpaired) electrons. The molecule has 3 heterocycles. The van der Waals surface area contributed by atoms with Gasteiger partial charge >= 0.3 is 0 Å². The monoisotopic (exact) mass is 485 g/mol. The molecule has 11 heteroatoms. The molecule has 0 aliphatic carbocycles. The molecule has 1 fully saturated rings. The van der Waals surface area contributed by atoms with Crippen molar-refractivity contribution in [1.82, 2.24) is 20.1 Å². The molecule has 0 unspecified atom stereocenters. The van der Waals surface area contributed by atoms with Gasteiger partial charge in [-0.2, -0.15) is 0 Å². The minimum absolute atomic E-state index is 0.149. The molecule has 2 aromatic carbocycles. The van der Waals surface area contributed by atoms with Crippen LogP contribution in [0.4, 0.5) is 10.3 Å². The molecular formula is C23H24FN5O4S. The molecule has 3 aromatic rings. The number of aromatic nitrogens is 3. The second kappa shape index (κ2) is 9.90. The molecule has 2 aliphatic rings. The Morgan fingerprint density at radius 2 is 1.97 bits per heavy atom. The standard InChI is InChI=1S/C23H24FN5O4S/c1-15(21(30)25-13-16-5-6-19-20(11-16)33-14-32-19)34-23-27-26-22(28-7-9-31-10-8-28)29(23)18-4-2-3-17(24)12-18/h2-6,11-12,15H,7-10,13-14H2,1H3,(H,25,30)/t15-/m1/s1. The molecule has 9 nitrogen and oxygen atoms in total. The summed E-state index contributed by atoms with van der Waals surface area (Å²) < 4.78 is 32.0. The number of nitrogens with one attached hydrogen (secondary N) is 1. The summed E-state index contributed by atoms with van der Waals surface area (Å²) in [5.74, 6) is 1.47. The third-order valence-corrected chi connectivity index (χ3v) is 6.57. The van der Waals surface area contributed by atoms with Crippen LogP contribution in [0.2, 0.25) is 0 Å². The molecule has 0 bridgehead atoms. The summed E-state index contributed by atoms with van der Waals surface area (Å²) in [5, 5.41) is 11.7. The second-order valence-electron chi connectivity index (χ2n) is 7.86. The van der Waals surface area contributed by atoms with Gasteiger partial charge in [0.25, 0.3) is 0 Å². The van der Waals surface area contributed by atoms with Crippen LogP contribution in [0.3, 0.4) is 0 Å². The normalized spacial score (nSPS) is 15.9. The fraction of sp³-hybridized carbons (Fsp3) is 0.348. The van der Waals surface area contributed by atoms with Gasteiger partial charge in [0.15, 0.2) is 16.7 Å². The minimum atomic E-state index is -0.456. The lowest BCUT2D eigenvalue weighted by atomic mass is 10.2. The number of rotatable bonds is 7. The average molecular weight is 486 g/mol. The highest BCUT2D eigenvalue weighted by Gasteiger charge is 2.25. The molecule has 178 valence electrons. The lowest BCUT2D eigenvalue weighted by Crippen LogP contribution is -2.38. The summed E-state index contributed by atoms with van der Waals surface area (Å²) in [4.78, 5) is 14.9. The number of fused-ring (bicyclic) bond motifs is 1. The molecule has 34 heavy (non-hydrogen) atoms. The lowest BCUT2D eigenvalue weighted by Gasteiger charge is -2.28. The van der Waals surface area contributed by atoms with Crippen molar-refractivity contribution in [2.24, 2.45) is 0 Å². The summed E-state index contributed by atoms with van der Waals surface area (Å²) in [6.45, 7) is 4.84. The van der Waals surface area contributed by atoms with E-state index >= 15 is 0 Å². The number of carbonyl (C=O) groups is 1. The number of halogens is 1. The van der Waals surface area contributed by atoms with Crippen LogP contribution in [0.5, 0.6) is 11.5 Å². The van der Waals surface area contributed by atoms with E-state index in [9.17, 15) is 9.18 Å². The Kier molecular flexibility index (Phi) is 6.54. The Morgan fingerprint density at radius 3 is 2.79 bits per heavy atom. The topological polar surface area (TPSA) is 90.7 Å². The number of benzene rings is 2. The number of nitrogens with zero attached hydrogens (tertiary/aromatic N) is 4. The molecule has 1 N–H and O–H groups in total. The first-order chi connectivity index (χ1) is 16.6. The van der Waals surface area contributed by atoms with Gasteiger partial charge in [-0.1, -0.05) is 23.9 Å². The predicted molar refractivity (Wildman–Crippen MR) is 124 cm³/mol. The first-order valence-corrected chi connectivity index (χ1v) is 11.8. The Hall–Kier alpha value is -3.31. The fourth-order valence-electron chi connectivity index (χ4n) is 3.74. The van der Waals surface area contributed by atoms with Gasteiger partial charge in [-0.3, -0.25) is 9.36 Å². The highest BCUT2D eigenvalue weighted by atomic mass is 32.2. The quantitative estimate of drug-likeness (QED) is 0.511. The molecule has 0 saturated carbocycles. The highest BCUT2D eigenvalue weighted by Crippen LogP contribution is 2.33. The highest BCUT2D eigenvalue weighted by molar-refractivity contribution is 8.00. The van der Waals surface area contributed by atoms with Gasteiger partial charge < -0.3 is 24.4 Å². The van der Waals surface area contributed by atoms with E-state index in [1.165, 1.54) is 23.9 Å². The number of ether oxygens (including phenoxy) is 3. The van der Waals surface area contributed by atoms with E-state index in [0.29, 0.717) is 61.1 Å². The van der Waals surface area contributed by atoms with Crippen LogP contribution in [-0.2, 0) is 16.1 Å². The van der Waals surface area contributed by atoms with Gasteiger partial charge in [0.2, 0.25) is 18.6 Å². The first-order valence-electron chi connectivity index (χ1n) is 11.0. The van der Waals surface area contributed by atoms with E-state index in [0.717, 1.165) is 5.56 Å². The van der Waals surface area contributed by atoms with Gasteiger partial charge in [0.05, 0.1) is 24.2 Å². The van der Waals surface area contributed by atoms with Gasteiger partial charge in [-0.15, -0.1) is 10.2 Å². The van der Waals surface area contributed by atoms with Crippen molar-refractivity contribution in [3.8, 4) is 17.2 Å². The zero-order valence-electron chi connectivity index (χ0n) is 18.6. The summed E-state index contributed by atoms with van der Waals surface area (Å²) in [7, 11) is 0. The van der Waals surface area contributed by atoms with Crippen LogP contribution < -0.4 is 19.7 Å². The number of hydrogen-bond acceptors (Lipinski definition) is 8. The molecular weight excluding hydrogens is 461 g/mol. The van der Waals surface area contributed by atoms with Crippen molar-refractivity contribution in [1.29, 1.82) is 0 Å². The van der Waals surface area contributed by atoms with Crippen molar-refractivity contribution < 1.29 is 23.4 Å². The SMILES string of the molecule is C[C@@H](Sc1nnc(N2CCOCC2)n1-c1cccc(F)c1)C(=O)NCc1ccc2c(c1)OCO2. The number of morpholine rings is 1. The van der Waals surface area contributed by atoms with Crippen LogP contribution in [0.25, 0.3) is 5.69 Å². The second-order valence-corrected chi connectivity index (χ2v) is 9.17. The molecule has 5 rings (SSSR count). The van der Waals surface area contributed by atoms with Crippen molar-refractivity contribution in [2.45, 2.75) is 23.9 Å². The van der Waals surface area contributed by atoms with E-state index in [-0.39, 0.29) is 18.5 Å². The maximum absolute atomic E-state index is 14.0. The fourth-order valence-corrected chi connectivity index (χ4v) is 4.63. The van der Waals surface area contributed by atoms with E-state index in [1.54, 1.807) is 23.6 Å². The number of hydrogen-bond donors (Lipinski definition) is 1. The van der Waals surface area contributed by atoms with Gasteiger partial charge in [0.1, 0.15) is 5.82 Å². The zero-order chi connectivity index (χ0) is 23.5. The molecule has 2 aliphatic heterocycles. The lowest BCUT2D eigenvalue weighted by molar-refractivity contribution is -0.120. The van der Waals surface area contributed by atoms with Crippen molar-refractivity contribution >= 4 is 23.6 Å². The van der Waals surface area contributed by atoms with Crippen LogP contribution in [0, 0.1) is 5.82 Å². The number of anilines is 1. The summed E-state index contributed by atoms with van der Waals surface area (Å²) in [6, 6.07) is 11.8. The minimum Gasteiger partial charge on any atom is -0.454 e. The largest absolute Gasteiger partial charge is 0.454 e. The number of carbonyl (C=O) groups excluding carboxylic acids is 1. The Balaban J connectivity index is 1.31. The van der Waals surface area contributed by atoms with Crippen molar-refractivity contribution in [3.63, 3.8) is 0 Å². The molecule has 1 amide bonds. The zero-order valence-corrected chi connectivity index (χ0v) is 19.4. The van der Waals surface area contributed by atoms with Crippen LogP contribution in [-0.4, -0.2) is 59.0 Å². The summed E-state index contributed by atoms with van der Waals surface area (Å²) in [5.41, 5.74) is 1.51. The number of thioether (sulfide) groups is 1. The third kappa shape index (κ3) is 4.80. The van der Waals surface area contributed by atoms with Crippen molar-refractivity contribution in [3.05, 3.63) is 53.8 Å². The molecule has 1 aromatic heterocycles. The van der Waals surface area contributed by atoms with Gasteiger partial charge in [0, 0.05) is 19.6 Å². The van der Waals surface area contributed by atoms with E-state index in [2.05, 4.69) is 20.4 Å². The smallest absolute Gasteiger partial charge is 0.233 e. The first kappa shape index (κ1) is 22.5. The van der Waals surface area contributed by atoms with E-state index in [4.69, 9.17) is 14.2 Å². The number of amides is 1. The summed E-state index contributed by atoms with van der Waals surface area (Å²) >= 11 is 1.27. The summed E-state index contributed by atoms with van der Waals surface area (Å²) in [6.07, 6.45) is 0. The van der Waals surface area contributed by atoms with E-state index in [1.807, 2.05) is 18.2 Å². The maximum atomic E-state index is 14.0. The van der Waals surface area contributed by atoms with E-state index < -0.39 is 5.25 Å². The van der Waals surface area contributed by atoms with Crippen molar-refractivity contribution in [2.75, 3.05) is 38.0 Å². The average Bonchev–Trinajstić information content (AvgIpc) is 3.49. The Morgan fingerprint density at radius 1 is 1.15 bits per heavy atom. The molecule has 1 saturated heterocycles. The Labute approximate surface area is 200 Å². The predicted octanol–water partition coefficient (Wildman–Crippen LogP) is 2.77. The van der Waals surface area contributed by atoms with Crippen LogP contribution in [0.15, 0.2) is 47.6 Å². The van der Waals surface area contributed by atoms with Gasteiger partial charge in [-0.05, 0) is 42.8 Å². The Bertz CT molecular complexity index is 1180. The van der Waals surface area contributed by atoms with Crippen LogP contribution in [0.1, 0.15) is 12.5 Å². The van der Waals surface area contributed by atoms with Crippen LogP contribution >= 0.6 is 11.8 Å².